The molecule has 2 bridgehead atoms. The number of Topliss-reactive ketones (excluding diaryl/α,β-unsaturated/α-hetero) is 1. The van der Waals surface area contributed by atoms with Crippen LogP contribution >= 0.6 is 38.5 Å². The first-order chi connectivity index (χ1) is 5.97. The molecule has 2 aliphatic carbocycles. The first-order valence-corrected chi connectivity index (χ1v) is 7.16. The van der Waals surface area contributed by atoms with Gasteiger partial charge in [0.05, 0.1) is 4.83 Å². The van der Waals surface area contributed by atoms with Crippen molar-refractivity contribution >= 4 is 44.3 Å². The summed E-state index contributed by atoms with van der Waals surface area (Å²) in [6.07, 6.45) is 2.32. The van der Waals surface area contributed by atoms with Gasteiger partial charge < -0.3 is 0 Å². The minimum atomic E-state index is -0.0486. The highest BCUT2D eigenvalue weighted by molar-refractivity contribution is 14.1. The van der Waals surface area contributed by atoms with Crippen molar-refractivity contribution in [2.75, 3.05) is 4.43 Å². The van der Waals surface area contributed by atoms with Gasteiger partial charge in [-0.2, -0.15) is 0 Å². The molecule has 0 amide bonds. The molecule has 74 valence electrons. The summed E-state index contributed by atoms with van der Waals surface area (Å²) in [6.45, 7) is 4.45. The third-order valence-electron chi connectivity index (χ3n) is 4.46. The van der Waals surface area contributed by atoms with Crippen LogP contribution in [0, 0.1) is 16.7 Å². The highest BCUT2D eigenvalue weighted by Gasteiger charge is 2.67. The molecule has 2 fully saturated rings. The fourth-order valence-electron chi connectivity index (χ4n) is 3.07. The van der Waals surface area contributed by atoms with Crippen LogP contribution in [0.25, 0.3) is 0 Å². The molecule has 0 N–H and O–H groups in total. The van der Waals surface area contributed by atoms with Crippen molar-refractivity contribution in [2.24, 2.45) is 16.7 Å². The maximum absolute atomic E-state index is 12.0. The predicted molar refractivity (Wildman–Crippen MR) is 65.5 cm³/mol. The van der Waals surface area contributed by atoms with Gasteiger partial charge in [-0.25, -0.2) is 0 Å². The zero-order valence-electron chi connectivity index (χ0n) is 7.94. The van der Waals surface area contributed by atoms with Gasteiger partial charge in [0.1, 0.15) is 0 Å². The Bertz CT molecular complexity index is 268. The third-order valence-corrected chi connectivity index (χ3v) is 7.10. The van der Waals surface area contributed by atoms with E-state index in [4.69, 9.17) is 0 Å². The lowest BCUT2D eigenvalue weighted by Crippen LogP contribution is -2.36. The number of fused-ring (bicyclic) bond motifs is 2. The van der Waals surface area contributed by atoms with Crippen molar-refractivity contribution in [1.82, 2.24) is 0 Å². The molecule has 0 radical (unpaired) electrons. The van der Waals surface area contributed by atoms with Crippen molar-refractivity contribution in [3.05, 3.63) is 0 Å². The third kappa shape index (κ3) is 1.01. The molecule has 2 aliphatic rings. The quantitative estimate of drug-likeness (QED) is 0.521. The molecule has 0 heterocycles. The lowest BCUT2D eigenvalue weighted by molar-refractivity contribution is -0.127. The number of alkyl halides is 2. The van der Waals surface area contributed by atoms with Crippen molar-refractivity contribution in [3.63, 3.8) is 0 Å². The molecule has 2 saturated carbocycles. The van der Waals surface area contributed by atoms with Gasteiger partial charge in [-0.05, 0) is 24.2 Å². The molecule has 0 aromatic heterocycles. The van der Waals surface area contributed by atoms with Crippen molar-refractivity contribution in [2.45, 2.75) is 31.5 Å². The minimum absolute atomic E-state index is 0.0486. The smallest absolute Gasteiger partial charge is 0.153 e. The Morgan fingerprint density at radius 3 is 2.54 bits per heavy atom. The second-order valence-electron chi connectivity index (χ2n) is 4.79. The monoisotopic (exact) mass is 356 g/mol. The summed E-state index contributed by atoms with van der Waals surface area (Å²) in [6, 6.07) is 0. The molecule has 0 spiro atoms. The summed E-state index contributed by atoms with van der Waals surface area (Å²) in [4.78, 5) is 12.1. The van der Waals surface area contributed by atoms with Crippen LogP contribution in [-0.4, -0.2) is 15.0 Å². The molecule has 0 aromatic carbocycles. The number of halogens is 2. The first-order valence-electron chi connectivity index (χ1n) is 4.72. The molecule has 0 saturated heterocycles. The summed E-state index contributed by atoms with van der Waals surface area (Å²) >= 11 is 5.99. The lowest BCUT2D eigenvalue weighted by atomic mass is 9.70. The summed E-state index contributed by atoms with van der Waals surface area (Å²) in [7, 11) is 0. The molecule has 13 heavy (non-hydrogen) atoms. The maximum atomic E-state index is 12.0. The Kier molecular flexibility index (Phi) is 2.35. The van der Waals surface area contributed by atoms with E-state index in [0.717, 1.165) is 10.8 Å². The van der Waals surface area contributed by atoms with Crippen molar-refractivity contribution in [1.29, 1.82) is 0 Å². The van der Waals surface area contributed by atoms with Crippen LogP contribution in [0.5, 0.6) is 0 Å². The topological polar surface area (TPSA) is 17.1 Å². The second kappa shape index (κ2) is 2.94. The van der Waals surface area contributed by atoms with Crippen LogP contribution < -0.4 is 0 Å². The number of rotatable bonds is 1. The lowest BCUT2D eigenvalue weighted by Gasteiger charge is -2.34. The fraction of sp³-hybridized carbons (Fsp3) is 0.900. The van der Waals surface area contributed by atoms with Gasteiger partial charge in [-0.3, -0.25) is 4.79 Å². The molecule has 3 heteroatoms. The Hall–Kier alpha value is 0.880. The van der Waals surface area contributed by atoms with E-state index in [1.54, 1.807) is 0 Å². The summed E-state index contributed by atoms with van der Waals surface area (Å²) in [5.41, 5.74) is 0.186. The van der Waals surface area contributed by atoms with Crippen LogP contribution in [0.2, 0.25) is 0 Å². The van der Waals surface area contributed by atoms with Crippen LogP contribution in [0.3, 0.4) is 0 Å². The first kappa shape index (κ1) is 10.4. The normalized spacial score (nSPS) is 54.6. The van der Waals surface area contributed by atoms with Crippen LogP contribution in [0.15, 0.2) is 0 Å². The standard InChI is InChI=1S/C10H14BrIO/c1-9-4-3-6(7(11)8(9)13)10(9,2)5-12/h6-7H,3-5H2,1-2H3/t6-,7+,9-,10-/m1/s1. The van der Waals surface area contributed by atoms with Gasteiger partial charge in [0.2, 0.25) is 0 Å². The predicted octanol–water partition coefficient (Wildman–Crippen LogP) is 3.19. The number of hydrogen-bond acceptors (Lipinski definition) is 1. The largest absolute Gasteiger partial charge is 0.298 e. The van der Waals surface area contributed by atoms with E-state index in [1.165, 1.54) is 6.42 Å². The summed E-state index contributed by atoms with van der Waals surface area (Å²) in [5, 5.41) is 0. The number of ketones is 1. The molecular formula is C10H14BrIO. The van der Waals surface area contributed by atoms with E-state index < -0.39 is 0 Å². The average Bonchev–Trinajstić information content (AvgIpc) is 2.44. The van der Waals surface area contributed by atoms with E-state index in [1.807, 2.05) is 0 Å². The Morgan fingerprint density at radius 1 is 1.62 bits per heavy atom. The SMILES string of the molecule is C[C@@]12CC[C@H]([C@H](Br)C1=O)[C@@]2(C)CI. The van der Waals surface area contributed by atoms with E-state index in [2.05, 4.69) is 52.4 Å². The fourth-order valence-corrected chi connectivity index (χ4v) is 5.83. The Morgan fingerprint density at radius 2 is 2.23 bits per heavy atom. The van der Waals surface area contributed by atoms with Gasteiger partial charge in [0.15, 0.2) is 5.78 Å². The highest BCUT2D eigenvalue weighted by Crippen LogP contribution is 2.65. The summed E-state index contributed by atoms with van der Waals surface area (Å²) < 4.78 is 1.10. The van der Waals surface area contributed by atoms with Crippen molar-refractivity contribution < 1.29 is 4.79 Å². The molecule has 1 nitrogen and oxygen atoms in total. The molecule has 4 atom stereocenters. The van der Waals surface area contributed by atoms with Crippen molar-refractivity contribution in [3.8, 4) is 0 Å². The van der Waals surface area contributed by atoms with Crippen LogP contribution in [0.4, 0.5) is 0 Å². The van der Waals surface area contributed by atoms with Gasteiger partial charge in [-0.15, -0.1) is 0 Å². The minimum Gasteiger partial charge on any atom is -0.298 e. The maximum Gasteiger partial charge on any atom is 0.153 e. The van der Waals surface area contributed by atoms with Gasteiger partial charge in [-0.1, -0.05) is 52.4 Å². The van der Waals surface area contributed by atoms with Gasteiger partial charge in [0, 0.05) is 9.84 Å². The van der Waals surface area contributed by atoms with E-state index >= 15 is 0 Å². The molecular weight excluding hydrogens is 343 g/mol. The molecule has 0 aromatic rings. The van der Waals surface area contributed by atoms with Crippen LogP contribution in [-0.2, 0) is 4.79 Å². The number of carbonyl (C=O) groups excluding carboxylic acids is 1. The Labute approximate surface area is 101 Å². The summed E-state index contributed by atoms with van der Waals surface area (Å²) in [5.74, 6) is 1.02. The zero-order valence-corrected chi connectivity index (χ0v) is 11.7. The van der Waals surface area contributed by atoms with Gasteiger partial charge in [0.25, 0.3) is 0 Å². The highest BCUT2D eigenvalue weighted by atomic mass is 127. The van der Waals surface area contributed by atoms with E-state index in [-0.39, 0.29) is 15.7 Å². The number of carbonyl (C=O) groups is 1. The molecule has 0 aliphatic heterocycles. The second-order valence-corrected chi connectivity index (χ2v) is 6.54. The number of hydrogen-bond donors (Lipinski definition) is 0. The van der Waals surface area contributed by atoms with Gasteiger partial charge >= 0.3 is 0 Å². The Balaban J connectivity index is 2.49. The van der Waals surface area contributed by atoms with Crippen LogP contribution in [0.1, 0.15) is 26.7 Å². The van der Waals surface area contributed by atoms with E-state index in [0.29, 0.717) is 11.7 Å². The average molecular weight is 357 g/mol. The molecule has 0 unspecified atom stereocenters. The molecule has 2 rings (SSSR count). The van der Waals surface area contributed by atoms with E-state index in [9.17, 15) is 4.79 Å². The zero-order chi connectivity index (χ0) is 9.85.